The van der Waals surface area contributed by atoms with Crippen molar-refractivity contribution in [2.75, 3.05) is 43.4 Å². The highest BCUT2D eigenvalue weighted by molar-refractivity contribution is 5.97. The molecule has 8 heteroatoms. The Morgan fingerprint density at radius 3 is 2.31 bits per heavy atom. The smallest absolute Gasteiger partial charge is 0.408 e. The van der Waals surface area contributed by atoms with Crippen molar-refractivity contribution in [3.63, 3.8) is 0 Å². The van der Waals surface area contributed by atoms with E-state index in [1.54, 1.807) is 20.8 Å². The molecule has 2 N–H and O–H groups in total. The lowest BCUT2D eigenvalue weighted by atomic mass is 10.0. The fourth-order valence-electron chi connectivity index (χ4n) is 4.52. The van der Waals surface area contributed by atoms with E-state index in [0.29, 0.717) is 12.1 Å². The van der Waals surface area contributed by atoms with Crippen LogP contribution < -0.4 is 15.5 Å². The molecule has 1 fully saturated rings. The molecule has 36 heavy (non-hydrogen) atoms. The molecule has 0 radical (unpaired) electrons. The number of para-hydroxylation sites is 1. The average molecular weight is 492 g/mol. The summed E-state index contributed by atoms with van der Waals surface area (Å²) in [6, 6.07) is 15.1. The Kier molecular flexibility index (Phi) is 7.54. The third kappa shape index (κ3) is 6.37. The summed E-state index contributed by atoms with van der Waals surface area (Å²) in [5.74, 6) is -0.291. The van der Waals surface area contributed by atoms with Crippen LogP contribution in [0.4, 0.5) is 16.2 Å². The molecule has 0 aliphatic carbocycles. The van der Waals surface area contributed by atoms with Crippen LogP contribution in [0.5, 0.6) is 0 Å². The Morgan fingerprint density at radius 1 is 0.972 bits per heavy atom. The lowest BCUT2D eigenvalue weighted by Crippen LogP contribution is -2.47. The van der Waals surface area contributed by atoms with E-state index in [1.165, 1.54) is 0 Å². The number of benzene rings is 2. The number of hydrogen-bond acceptors (Lipinski definition) is 5. The minimum Gasteiger partial charge on any atom is -0.444 e. The first kappa shape index (κ1) is 25.6. The number of ether oxygens (including phenoxy) is 1. The largest absolute Gasteiger partial charge is 0.444 e. The van der Waals surface area contributed by atoms with E-state index in [-0.39, 0.29) is 5.91 Å². The second-order valence-corrected chi connectivity index (χ2v) is 10.5. The molecule has 0 saturated carbocycles. The SMILES string of the molecule is CN1CCN(c2ccc(NC(=O)[C@@H](Cc3cn(C)c4ccccc34)NC(=O)OC(C)(C)C)cc2)CC1. The predicted octanol–water partition coefficient (Wildman–Crippen LogP) is 4.00. The van der Waals surface area contributed by atoms with E-state index >= 15 is 0 Å². The van der Waals surface area contributed by atoms with Crippen molar-refractivity contribution in [2.45, 2.75) is 38.8 Å². The van der Waals surface area contributed by atoms with Gasteiger partial charge in [-0.3, -0.25) is 4.79 Å². The molecule has 1 aliphatic rings. The maximum absolute atomic E-state index is 13.4. The molecule has 1 atom stereocenters. The van der Waals surface area contributed by atoms with Gasteiger partial charge in [-0.2, -0.15) is 0 Å². The predicted molar refractivity (Wildman–Crippen MR) is 145 cm³/mol. The number of anilines is 2. The monoisotopic (exact) mass is 491 g/mol. The van der Waals surface area contributed by atoms with Crippen LogP contribution in [0.3, 0.4) is 0 Å². The number of alkyl carbamates (subject to hydrolysis) is 1. The number of carbonyl (C=O) groups excluding carboxylic acids is 2. The second kappa shape index (κ2) is 10.6. The van der Waals surface area contributed by atoms with Gasteiger partial charge in [-0.1, -0.05) is 18.2 Å². The van der Waals surface area contributed by atoms with Gasteiger partial charge in [0.05, 0.1) is 0 Å². The number of piperazine rings is 1. The number of nitrogens with one attached hydrogen (secondary N) is 2. The van der Waals surface area contributed by atoms with E-state index in [9.17, 15) is 9.59 Å². The zero-order valence-electron chi connectivity index (χ0n) is 21.9. The van der Waals surface area contributed by atoms with Crippen LogP contribution >= 0.6 is 0 Å². The molecule has 2 amide bonds. The van der Waals surface area contributed by atoms with Crippen molar-refractivity contribution < 1.29 is 14.3 Å². The molecule has 1 aromatic heterocycles. The van der Waals surface area contributed by atoms with Crippen molar-refractivity contribution in [2.24, 2.45) is 7.05 Å². The summed E-state index contributed by atoms with van der Waals surface area (Å²) < 4.78 is 7.48. The van der Waals surface area contributed by atoms with Crippen LogP contribution in [0.15, 0.2) is 54.7 Å². The normalized spacial score (nSPS) is 15.5. The Balaban J connectivity index is 1.50. The van der Waals surface area contributed by atoms with E-state index in [4.69, 9.17) is 4.74 Å². The summed E-state index contributed by atoms with van der Waals surface area (Å²) in [7, 11) is 4.11. The second-order valence-electron chi connectivity index (χ2n) is 10.5. The molecule has 1 saturated heterocycles. The quantitative estimate of drug-likeness (QED) is 0.545. The summed E-state index contributed by atoms with van der Waals surface area (Å²) in [5.41, 5.74) is 3.22. The fraction of sp³-hybridized carbons (Fsp3) is 0.429. The molecule has 192 valence electrons. The minimum absolute atomic E-state index is 0.291. The van der Waals surface area contributed by atoms with Crippen LogP contribution in [-0.2, 0) is 23.0 Å². The molecule has 1 aliphatic heterocycles. The van der Waals surface area contributed by atoms with Crippen LogP contribution in [0, 0.1) is 0 Å². The molecule has 2 heterocycles. The Bertz CT molecular complexity index is 1200. The summed E-state index contributed by atoms with van der Waals surface area (Å²) in [4.78, 5) is 30.6. The Hall–Kier alpha value is -3.52. The Morgan fingerprint density at radius 2 is 1.64 bits per heavy atom. The molecule has 3 aromatic rings. The number of likely N-dealkylation sites (N-methyl/N-ethyl adjacent to an activating group) is 1. The highest BCUT2D eigenvalue weighted by Crippen LogP contribution is 2.23. The summed E-state index contributed by atoms with van der Waals surface area (Å²) in [6.45, 7) is 9.43. The van der Waals surface area contributed by atoms with Crippen LogP contribution in [0.1, 0.15) is 26.3 Å². The number of hydrogen-bond donors (Lipinski definition) is 2. The number of rotatable bonds is 6. The lowest BCUT2D eigenvalue weighted by Gasteiger charge is -2.34. The number of aryl methyl sites for hydroxylation is 1. The van der Waals surface area contributed by atoms with Crippen molar-refractivity contribution in [3.05, 3.63) is 60.3 Å². The molecule has 8 nitrogen and oxygen atoms in total. The Labute approximate surface area is 213 Å². The van der Waals surface area contributed by atoms with Gasteiger partial charge in [-0.25, -0.2) is 4.79 Å². The lowest BCUT2D eigenvalue weighted by molar-refractivity contribution is -0.118. The van der Waals surface area contributed by atoms with Crippen molar-refractivity contribution in [3.8, 4) is 0 Å². The highest BCUT2D eigenvalue weighted by Gasteiger charge is 2.26. The third-order valence-corrected chi connectivity index (χ3v) is 6.41. The van der Waals surface area contributed by atoms with Gasteiger partial charge in [0.1, 0.15) is 11.6 Å². The summed E-state index contributed by atoms with van der Waals surface area (Å²) >= 11 is 0. The van der Waals surface area contributed by atoms with Gasteiger partial charge in [-0.05, 0) is 63.7 Å². The third-order valence-electron chi connectivity index (χ3n) is 6.41. The van der Waals surface area contributed by atoms with Gasteiger partial charge in [0.15, 0.2) is 0 Å². The minimum atomic E-state index is -0.803. The number of fused-ring (bicyclic) bond motifs is 1. The van der Waals surface area contributed by atoms with Gasteiger partial charge in [0.2, 0.25) is 5.91 Å². The molecular formula is C28H37N5O3. The zero-order valence-corrected chi connectivity index (χ0v) is 21.9. The molecule has 0 bridgehead atoms. The van der Waals surface area contributed by atoms with Gasteiger partial charge in [0.25, 0.3) is 0 Å². The standard InChI is InChI=1S/C28H37N5O3/c1-28(2,3)36-27(35)30-24(18-20-19-32(5)25-9-7-6-8-23(20)25)26(34)29-21-10-12-22(13-11-21)33-16-14-31(4)15-17-33/h6-13,19,24H,14-18H2,1-5H3,(H,29,34)(H,30,35)/t24-/m1/s1. The number of carbonyl (C=O) groups is 2. The van der Waals surface area contributed by atoms with Gasteiger partial charge >= 0.3 is 6.09 Å². The van der Waals surface area contributed by atoms with Crippen LogP contribution in [-0.4, -0.2) is 66.3 Å². The number of amides is 2. The van der Waals surface area contributed by atoms with Crippen molar-refractivity contribution in [1.29, 1.82) is 0 Å². The highest BCUT2D eigenvalue weighted by atomic mass is 16.6. The maximum atomic E-state index is 13.4. The van der Waals surface area contributed by atoms with Gasteiger partial charge in [-0.15, -0.1) is 0 Å². The molecular weight excluding hydrogens is 454 g/mol. The molecule has 0 spiro atoms. The fourth-order valence-corrected chi connectivity index (χ4v) is 4.52. The van der Waals surface area contributed by atoms with E-state index in [1.807, 2.05) is 66.3 Å². The van der Waals surface area contributed by atoms with E-state index in [0.717, 1.165) is 48.3 Å². The van der Waals surface area contributed by atoms with Crippen molar-refractivity contribution in [1.82, 2.24) is 14.8 Å². The van der Waals surface area contributed by atoms with Gasteiger partial charge in [0, 0.05) is 68.1 Å². The average Bonchev–Trinajstić information content (AvgIpc) is 3.14. The summed E-state index contributed by atoms with van der Waals surface area (Å²) in [5, 5.41) is 6.82. The van der Waals surface area contributed by atoms with Gasteiger partial charge < -0.3 is 29.7 Å². The number of aromatic nitrogens is 1. The first-order chi connectivity index (χ1) is 17.1. The number of nitrogens with zero attached hydrogens (tertiary/aromatic N) is 3. The zero-order chi connectivity index (χ0) is 25.9. The van der Waals surface area contributed by atoms with E-state index < -0.39 is 17.7 Å². The van der Waals surface area contributed by atoms with Crippen LogP contribution in [0.25, 0.3) is 10.9 Å². The molecule has 2 aromatic carbocycles. The summed E-state index contributed by atoms with van der Waals surface area (Å²) in [6.07, 6.45) is 1.73. The van der Waals surface area contributed by atoms with Crippen LogP contribution in [0.2, 0.25) is 0 Å². The first-order valence-corrected chi connectivity index (χ1v) is 12.5. The molecule has 4 rings (SSSR count). The van der Waals surface area contributed by atoms with Crippen molar-refractivity contribution >= 4 is 34.3 Å². The molecule has 0 unspecified atom stereocenters. The first-order valence-electron chi connectivity index (χ1n) is 12.5. The van der Waals surface area contributed by atoms with E-state index in [2.05, 4.69) is 27.5 Å². The maximum Gasteiger partial charge on any atom is 0.408 e. The topological polar surface area (TPSA) is 78.8 Å².